The van der Waals surface area contributed by atoms with Crippen molar-refractivity contribution in [2.75, 3.05) is 13.1 Å². The van der Waals surface area contributed by atoms with Gasteiger partial charge >= 0.3 is 0 Å². The van der Waals surface area contributed by atoms with Gasteiger partial charge < -0.3 is 9.64 Å². The number of hydrogen-bond acceptors (Lipinski definition) is 4. The molecule has 0 atom stereocenters. The first-order chi connectivity index (χ1) is 10.7. The third-order valence-corrected chi connectivity index (χ3v) is 3.66. The Hall–Kier alpha value is -2.87. The fourth-order valence-electron chi connectivity index (χ4n) is 2.38. The van der Waals surface area contributed by atoms with Crippen LogP contribution in [0.1, 0.15) is 21.5 Å². The number of likely N-dealkylation sites (tertiary alicyclic amines) is 1. The van der Waals surface area contributed by atoms with Gasteiger partial charge in [0.1, 0.15) is 6.10 Å². The van der Waals surface area contributed by atoms with Crippen LogP contribution in [0.5, 0.6) is 5.88 Å². The van der Waals surface area contributed by atoms with Crippen LogP contribution in [-0.4, -0.2) is 35.0 Å². The lowest BCUT2D eigenvalue weighted by molar-refractivity contribution is 0.0159. The molecule has 1 aliphatic rings. The van der Waals surface area contributed by atoms with Crippen molar-refractivity contribution < 1.29 is 9.53 Å². The van der Waals surface area contributed by atoms with Crippen LogP contribution in [0.2, 0.25) is 0 Å². The summed E-state index contributed by atoms with van der Waals surface area (Å²) in [6.45, 7) is 3.00. The van der Waals surface area contributed by atoms with E-state index in [-0.39, 0.29) is 12.0 Å². The number of nitrogens with zero attached hydrogens (tertiary/aromatic N) is 3. The normalized spacial score (nSPS) is 14.1. The number of rotatable bonds is 3. The molecule has 3 rings (SSSR count). The molecule has 0 spiro atoms. The fourth-order valence-corrected chi connectivity index (χ4v) is 2.38. The number of aryl methyl sites for hydroxylation is 1. The Balaban J connectivity index is 1.59. The summed E-state index contributed by atoms with van der Waals surface area (Å²) in [5.74, 6) is 0.448. The van der Waals surface area contributed by atoms with Crippen LogP contribution in [0.25, 0.3) is 0 Å². The highest BCUT2D eigenvalue weighted by Gasteiger charge is 2.33. The van der Waals surface area contributed by atoms with E-state index in [4.69, 9.17) is 10.00 Å². The van der Waals surface area contributed by atoms with Crippen molar-refractivity contribution in [2.24, 2.45) is 0 Å². The Morgan fingerprint density at radius 3 is 2.86 bits per heavy atom. The molecule has 5 nitrogen and oxygen atoms in total. The van der Waals surface area contributed by atoms with Gasteiger partial charge in [0.15, 0.2) is 0 Å². The molecule has 22 heavy (non-hydrogen) atoms. The number of carbonyl (C=O) groups is 1. The second-order valence-corrected chi connectivity index (χ2v) is 5.26. The lowest BCUT2D eigenvalue weighted by Crippen LogP contribution is -2.56. The number of aromatic nitrogens is 1. The van der Waals surface area contributed by atoms with Crippen molar-refractivity contribution in [1.29, 1.82) is 5.26 Å². The summed E-state index contributed by atoms with van der Waals surface area (Å²) in [4.78, 5) is 18.2. The third kappa shape index (κ3) is 2.77. The molecular weight excluding hydrogens is 278 g/mol. The summed E-state index contributed by atoms with van der Waals surface area (Å²) in [5, 5.41) is 8.85. The van der Waals surface area contributed by atoms with Crippen molar-refractivity contribution in [2.45, 2.75) is 13.0 Å². The number of benzene rings is 1. The number of ether oxygens (including phenoxy) is 1. The van der Waals surface area contributed by atoms with E-state index in [1.165, 1.54) is 0 Å². The van der Waals surface area contributed by atoms with E-state index in [0.717, 1.165) is 11.1 Å². The average molecular weight is 293 g/mol. The van der Waals surface area contributed by atoms with Crippen LogP contribution in [0.15, 0.2) is 42.6 Å². The molecule has 2 aromatic rings. The minimum absolute atomic E-state index is 0.0247. The largest absolute Gasteiger partial charge is 0.471 e. The average Bonchev–Trinajstić information content (AvgIpc) is 2.50. The molecule has 110 valence electrons. The summed E-state index contributed by atoms with van der Waals surface area (Å²) in [5.41, 5.74) is 2.21. The Kier molecular flexibility index (Phi) is 3.75. The zero-order chi connectivity index (χ0) is 15.5. The molecule has 0 bridgehead atoms. The van der Waals surface area contributed by atoms with Crippen LogP contribution in [0, 0.1) is 18.3 Å². The molecule has 1 aliphatic heterocycles. The Morgan fingerprint density at radius 1 is 1.36 bits per heavy atom. The SMILES string of the molecule is Cc1ccccc1C(=O)N1CC(Oc2cc(C#N)ccn2)C1. The van der Waals surface area contributed by atoms with Crippen molar-refractivity contribution in [3.8, 4) is 11.9 Å². The monoisotopic (exact) mass is 293 g/mol. The maximum atomic E-state index is 12.4. The van der Waals surface area contributed by atoms with E-state index in [9.17, 15) is 4.79 Å². The molecule has 0 aliphatic carbocycles. The van der Waals surface area contributed by atoms with Crippen LogP contribution < -0.4 is 4.74 Å². The van der Waals surface area contributed by atoms with Gasteiger partial charge in [0.2, 0.25) is 5.88 Å². The summed E-state index contributed by atoms with van der Waals surface area (Å²) < 4.78 is 5.68. The van der Waals surface area contributed by atoms with Crippen molar-refractivity contribution in [3.05, 3.63) is 59.3 Å². The van der Waals surface area contributed by atoms with Gasteiger partial charge in [0.05, 0.1) is 24.7 Å². The number of hydrogen-bond donors (Lipinski definition) is 0. The predicted octanol–water partition coefficient (Wildman–Crippen LogP) is 2.17. The molecule has 5 heteroatoms. The van der Waals surface area contributed by atoms with E-state index in [1.54, 1.807) is 23.2 Å². The molecule has 1 aromatic carbocycles. The Morgan fingerprint density at radius 2 is 2.14 bits per heavy atom. The van der Waals surface area contributed by atoms with E-state index in [1.807, 2.05) is 37.3 Å². The van der Waals surface area contributed by atoms with Crippen LogP contribution in [0.4, 0.5) is 0 Å². The van der Waals surface area contributed by atoms with E-state index < -0.39 is 0 Å². The first-order valence-electron chi connectivity index (χ1n) is 7.05. The lowest BCUT2D eigenvalue weighted by atomic mass is 10.0. The van der Waals surface area contributed by atoms with Gasteiger partial charge in [0.25, 0.3) is 5.91 Å². The van der Waals surface area contributed by atoms with Crippen molar-refractivity contribution in [3.63, 3.8) is 0 Å². The number of amides is 1. The van der Waals surface area contributed by atoms with Crippen LogP contribution in [0.3, 0.4) is 0 Å². The van der Waals surface area contributed by atoms with E-state index >= 15 is 0 Å². The summed E-state index contributed by atoms with van der Waals surface area (Å²) in [6.07, 6.45) is 1.47. The molecule has 0 unspecified atom stereocenters. The molecule has 1 fully saturated rings. The summed E-state index contributed by atoms with van der Waals surface area (Å²) in [6, 6.07) is 12.8. The van der Waals surface area contributed by atoms with Crippen molar-refractivity contribution >= 4 is 5.91 Å². The zero-order valence-electron chi connectivity index (χ0n) is 12.2. The molecule has 0 radical (unpaired) electrons. The van der Waals surface area contributed by atoms with Gasteiger partial charge in [-0.3, -0.25) is 4.79 Å². The highest BCUT2D eigenvalue weighted by molar-refractivity contribution is 5.96. The van der Waals surface area contributed by atoms with Crippen LogP contribution >= 0.6 is 0 Å². The minimum Gasteiger partial charge on any atom is -0.471 e. The highest BCUT2D eigenvalue weighted by atomic mass is 16.5. The maximum absolute atomic E-state index is 12.4. The highest BCUT2D eigenvalue weighted by Crippen LogP contribution is 2.20. The maximum Gasteiger partial charge on any atom is 0.254 e. The van der Waals surface area contributed by atoms with Crippen LogP contribution in [-0.2, 0) is 0 Å². The second kappa shape index (κ2) is 5.86. The molecule has 1 saturated heterocycles. The quantitative estimate of drug-likeness (QED) is 0.870. The fraction of sp³-hybridized carbons (Fsp3) is 0.235. The van der Waals surface area contributed by atoms with Gasteiger partial charge in [0, 0.05) is 17.8 Å². The van der Waals surface area contributed by atoms with Crippen molar-refractivity contribution in [1.82, 2.24) is 9.88 Å². The first kappa shape index (κ1) is 14.1. The molecule has 1 aromatic heterocycles. The third-order valence-electron chi connectivity index (χ3n) is 3.66. The van der Waals surface area contributed by atoms with Gasteiger partial charge in [-0.15, -0.1) is 0 Å². The van der Waals surface area contributed by atoms with E-state index in [2.05, 4.69) is 4.98 Å². The molecule has 1 amide bonds. The number of pyridine rings is 1. The smallest absolute Gasteiger partial charge is 0.254 e. The Bertz CT molecular complexity index is 746. The zero-order valence-corrected chi connectivity index (χ0v) is 12.2. The first-order valence-corrected chi connectivity index (χ1v) is 7.05. The topological polar surface area (TPSA) is 66.2 Å². The lowest BCUT2D eigenvalue weighted by Gasteiger charge is -2.38. The standard InChI is InChI=1S/C17H15N3O2/c1-12-4-2-3-5-15(12)17(21)20-10-14(11-20)22-16-8-13(9-18)6-7-19-16/h2-8,14H,10-11H2,1H3. The van der Waals surface area contributed by atoms with Gasteiger partial charge in [-0.2, -0.15) is 5.26 Å². The summed E-state index contributed by atoms with van der Waals surface area (Å²) >= 11 is 0. The van der Waals surface area contributed by atoms with Gasteiger partial charge in [-0.1, -0.05) is 18.2 Å². The van der Waals surface area contributed by atoms with Gasteiger partial charge in [-0.25, -0.2) is 4.98 Å². The second-order valence-electron chi connectivity index (χ2n) is 5.26. The molecule has 0 saturated carbocycles. The minimum atomic E-state index is -0.0746. The van der Waals surface area contributed by atoms with Gasteiger partial charge in [-0.05, 0) is 24.6 Å². The Labute approximate surface area is 128 Å². The molecular formula is C17H15N3O2. The predicted molar refractivity (Wildman–Crippen MR) is 80.5 cm³/mol. The molecule has 2 heterocycles. The summed E-state index contributed by atoms with van der Waals surface area (Å²) in [7, 11) is 0. The number of nitriles is 1. The number of carbonyl (C=O) groups excluding carboxylic acids is 1. The molecule has 0 N–H and O–H groups in total. The van der Waals surface area contributed by atoms with E-state index in [0.29, 0.717) is 24.5 Å².